The average Bonchev–Trinajstić information content (AvgIpc) is 2.60. The fourth-order valence-corrected chi connectivity index (χ4v) is 2.15. The van der Waals surface area contributed by atoms with Crippen molar-refractivity contribution in [1.29, 1.82) is 0 Å². The van der Waals surface area contributed by atoms with Crippen LogP contribution in [0.4, 0.5) is 4.39 Å². The predicted octanol–water partition coefficient (Wildman–Crippen LogP) is 2.93. The molecule has 86 valence electrons. The van der Waals surface area contributed by atoms with Crippen LogP contribution >= 0.6 is 0 Å². The molecule has 0 amide bonds. The molecule has 0 aliphatic heterocycles. The van der Waals surface area contributed by atoms with E-state index in [1.54, 1.807) is 0 Å². The minimum atomic E-state index is -0.211. The topological polar surface area (TPSA) is 41.8 Å². The summed E-state index contributed by atoms with van der Waals surface area (Å²) >= 11 is 0. The summed E-state index contributed by atoms with van der Waals surface area (Å²) in [5, 5.41) is 1.08. The van der Waals surface area contributed by atoms with E-state index in [1.807, 2.05) is 12.3 Å². The normalized spacial score (nSPS) is 12.2. The molecule has 0 saturated heterocycles. The van der Waals surface area contributed by atoms with E-state index in [9.17, 15) is 4.39 Å². The molecule has 2 rings (SSSR count). The van der Waals surface area contributed by atoms with Gasteiger partial charge in [0, 0.05) is 17.1 Å². The molecule has 0 spiro atoms. The van der Waals surface area contributed by atoms with Crippen molar-refractivity contribution in [1.82, 2.24) is 4.98 Å². The molecule has 1 heterocycles. The van der Waals surface area contributed by atoms with Gasteiger partial charge >= 0.3 is 0 Å². The van der Waals surface area contributed by atoms with Gasteiger partial charge in [0.15, 0.2) is 0 Å². The number of aromatic amines is 1. The van der Waals surface area contributed by atoms with Crippen LogP contribution in [0.15, 0.2) is 24.4 Å². The van der Waals surface area contributed by atoms with Crippen LogP contribution in [0.2, 0.25) is 0 Å². The van der Waals surface area contributed by atoms with Gasteiger partial charge in [0.05, 0.1) is 0 Å². The van der Waals surface area contributed by atoms with E-state index in [-0.39, 0.29) is 11.2 Å². The monoisotopic (exact) mass is 220 g/mol. The lowest BCUT2D eigenvalue weighted by Crippen LogP contribution is -2.21. The summed E-state index contributed by atoms with van der Waals surface area (Å²) < 4.78 is 13.1. The maximum absolute atomic E-state index is 13.1. The molecule has 0 saturated carbocycles. The SMILES string of the molecule is CC(C)(CCN)c1c[nH]c2cc(F)ccc12. The van der Waals surface area contributed by atoms with Crippen LogP contribution in [0, 0.1) is 5.82 Å². The quantitative estimate of drug-likeness (QED) is 0.820. The van der Waals surface area contributed by atoms with Crippen LogP contribution in [0.3, 0.4) is 0 Å². The maximum Gasteiger partial charge on any atom is 0.125 e. The standard InChI is InChI=1S/C13H17FN2/c1-13(2,5-6-15)11-8-16-12-7-9(14)3-4-10(11)12/h3-4,7-8,16H,5-6,15H2,1-2H3. The number of H-pyrrole nitrogens is 1. The molecule has 0 atom stereocenters. The first-order valence-electron chi connectivity index (χ1n) is 5.52. The average molecular weight is 220 g/mol. The molecule has 1 aromatic carbocycles. The van der Waals surface area contributed by atoms with Crippen molar-refractivity contribution in [2.75, 3.05) is 6.54 Å². The first kappa shape index (κ1) is 11.1. The van der Waals surface area contributed by atoms with Crippen LogP contribution in [-0.2, 0) is 5.41 Å². The van der Waals surface area contributed by atoms with E-state index in [0.29, 0.717) is 6.54 Å². The van der Waals surface area contributed by atoms with Crippen molar-refractivity contribution in [2.45, 2.75) is 25.7 Å². The second-order valence-electron chi connectivity index (χ2n) is 4.81. The molecule has 0 unspecified atom stereocenters. The molecule has 0 aliphatic carbocycles. The molecule has 3 heteroatoms. The zero-order valence-corrected chi connectivity index (χ0v) is 9.68. The third-order valence-electron chi connectivity index (χ3n) is 3.14. The lowest BCUT2D eigenvalue weighted by atomic mass is 9.81. The van der Waals surface area contributed by atoms with Crippen molar-refractivity contribution in [3.05, 3.63) is 35.8 Å². The molecule has 0 aliphatic rings. The number of halogens is 1. The van der Waals surface area contributed by atoms with E-state index in [4.69, 9.17) is 5.73 Å². The first-order valence-corrected chi connectivity index (χ1v) is 5.52. The van der Waals surface area contributed by atoms with Gasteiger partial charge in [-0.15, -0.1) is 0 Å². The van der Waals surface area contributed by atoms with E-state index in [1.165, 1.54) is 17.7 Å². The lowest BCUT2D eigenvalue weighted by molar-refractivity contribution is 0.491. The van der Waals surface area contributed by atoms with E-state index in [0.717, 1.165) is 17.3 Å². The number of nitrogens with two attached hydrogens (primary N) is 1. The van der Waals surface area contributed by atoms with Gasteiger partial charge in [-0.3, -0.25) is 0 Å². The van der Waals surface area contributed by atoms with Gasteiger partial charge in [-0.2, -0.15) is 0 Å². The molecule has 0 radical (unpaired) electrons. The largest absolute Gasteiger partial charge is 0.361 e. The van der Waals surface area contributed by atoms with Crippen molar-refractivity contribution in [3.63, 3.8) is 0 Å². The van der Waals surface area contributed by atoms with Crippen LogP contribution in [0.25, 0.3) is 10.9 Å². The van der Waals surface area contributed by atoms with Gasteiger partial charge < -0.3 is 10.7 Å². The molecule has 2 aromatic rings. The summed E-state index contributed by atoms with van der Waals surface area (Å²) in [5.74, 6) is -0.211. The Balaban J connectivity index is 2.53. The number of hydrogen-bond acceptors (Lipinski definition) is 1. The van der Waals surface area contributed by atoms with Gasteiger partial charge in [-0.05, 0) is 42.1 Å². The molecule has 3 N–H and O–H groups in total. The number of hydrogen-bond donors (Lipinski definition) is 2. The third-order valence-corrected chi connectivity index (χ3v) is 3.14. The summed E-state index contributed by atoms with van der Waals surface area (Å²) in [6.45, 7) is 4.97. The number of benzene rings is 1. The van der Waals surface area contributed by atoms with Crippen molar-refractivity contribution >= 4 is 10.9 Å². The molecule has 0 fully saturated rings. The Labute approximate surface area is 94.7 Å². The van der Waals surface area contributed by atoms with Crippen LogP contribution in [0.5, 0.6) is 0 Å². The molecular weight excluding hydrogens is 203 g/mol. The zero-order valence-electron chi connectivity index (χ0n) is 9.68. The van der Waals surface area contributed by atoms with E-state index in [2.05, 4.69) is 18.8 Å². The highest BCUT2D eigenvalue weighted by Gasteiger charge is 2.22. The minimum Gasteiger partial charge on any atom is -0.361 e. The Morgan fingerprint density at radius 2 is 2.12 bits per heavy atom. The molecular formula is C13H17FN2. The number of aromatic nitrogens is 1. The van der Waals surface area contributed by atoms with Crippen LogP contribution in [0.1, 0.15) is 25.8 Å². The first-order chi connectivity index (χ1) is 7.54. The summed E-state index contributed by atoms with van der Waals surface area (Å²) in [6, 6.07) is 4.85. The highest BCUT2D eigenvalue weighted by Crippen LogP contribution is 2.32. The fourth-order valence-electron chi connectivity index (χ4n) is 2.15. The summed E-state index contributed by atoms with van der Waals surface area (Å²) in [5.41, 5.74) is 7.69. The van der Waals surface area contributed by atoms with Crippen molar-refractivity contribution < 1.29 is 4.39 Å². The number of rotatable bonds is 3. The summed E-state index contributed by atoms with van der Waals surface area (Å²) in [4.78, 5) is 3.11. The molecule has 0 bridgehead atoms. The zero-order chi connectivity index (χ0) is 11.8. The highest BCUT2D eigenvalue weighted by atomic mass is 19.1. The third kappa shape index (κ3) is 1.83. The maximum atomic E-state index is 13.1. The van der Waals surface area contributed by atoms with Crippen LogP contribution < -0.4 is 5.73 Å². The van der Waals surface area contributed by atoms with Crippen molar-refractivity contribution in [3.8, 4) is 0 Å². The lowest BCUT2D eigenvalue weighted by Gasteiger charge is -2.23. The van der Waals surface area contributed by atoms with Crippen molar-refractivity contribution in [2.24, 2.45) is 5.73 Å². The Kier molecular flexibility index (Phi) is 2.72. The predicted molar refractivity (Wildman–Crippen MR) is 65.0 cm³/mol. The molecule has 1 aromatic heterocycles. The Morgan fingerprint density at radius 3 is 2.81 bits per heavy atom. The highest BCUT2D eigenvalue weighted by molar-refractivity contribution is 5.84. The smallest absolute Gasteiger partial charge is 0.125 e. The number of nitrogens with one attached hydrogen (secondary N) is 1. The molecule has 16 heavy (non-hydrogen) atoms. The summed E-state index contributed by atoms with van der Waals surface area (Å²) in [6.07, 6.45) is 2.87. The van der Waals surface area contributed by atoms with E-state index >= 15 is 0 Å². The van der Waals surface area contributed by atoms with Gasteiger partial charge in [-0.25, -0.2) is 4.39 Å². The van der Waals surface area contributed by atoms with Crippen LogP contribution in [-0.4, -0.2) is 11.5 Å². The Bertz CT molecular complexity index is 500. The van der Waals surface area contributed by atoms with Gasteiger partial charge in [0.25, 0.3) is 0 Å². The molecule has 2 nitrogen and oxygen atoms in total. The van der Waals surface area contributed by atoms with Gasteiger partial charge in [0.2, 0.25) is 0 Å². The minimum absolute atomic E-state index is 0.0187. The summed E-state index contributed by atoms with van der Waals surface area (Å²) in [7, 11) is 0. The number of fused-ring (bicyclic) bond motifs is 1. The Hall–Kier alpha value is -1.35. The van der Waals surface area contributed by atoms with Gasteiger partial charge in [0.1, 0.15) is 5.82 Å². The fraction of sp³-hybridized carbons (Fsp3) is 0.385. The van der Waals surface area contributed by atoms with Gasteiger partial charge in [-0.1, -0.05) is 13.8 Å². The second kappa shape index (κ2) is 3.91. The van der Waals surface area contributed by atoms with E-state index < -0.39 is 0 Å². The Morgan fingerprint density at radius 1 is 1.38 bits per heavy atom. The second-order valence-corrected chi connectivity index (χ2v) is 4.81.